The first-order valence-corrected chi connectivity index (χ1v) is 6.52. The SMILES string of the molecule is C[S+]([O-])c1cc(=O)c2ccc(F)cc2s1. The molecule has 0 bridgehead atoms. The van der Waals surface area contributed by atoms with Crippen LogP contribution in [0.4, 0.5) is 4.39 Å². The molecule has 0 spiro atoms. The van der Waals surface area contributed by atoms with Crippen molar-refractivity contribution in [2.75, 3.05) is 6.26 Å². The number of fused-ring (bicyclic) bond motifs is 1. The van der Waals surface area contributed by atoms with E-state index in [0.29, 0.717) is 14.3 Å². The van der Waals surface area contributed by atoms with Crippen molar-refractivity contribution >= 4 is 32.6 Å². The van der Waals surface area contributed by atoms with Crippen molar-refractivity contribution in [3.63, 3.8) is 0 Å². The van der Waals surface area contributed by atoms with E-state index in [-0.39, 0.29) is 5.43 Å². The molecule has 0 aliphatic rings. The van der Waals surface area contributed by atoms with E-state index in [4.69, 9.17) is 0 Å². The van der Waals surface area contributed by atoms with Crippen LogP contribution in [0.3, 0.4) is 0 Å². The highest BCUT2D eigenvalue weighted by Crippen LogP contribution is 2.23. The molecule has 1 atom stereocenters. The van der Waals surface area contributed by atoms with Crippen LogP contribution >= 0.6 is 11.3 Å². The summed E-state index contributed by atoms with van der Waals surface area (Å²) in [4.78, 5) is 11.6. The first-order chi connectivity index (χ1) is 7.08. The van der Waals surface area contributed by atoms with E-state index in [1.807, 2.05) is 0 Å². The highest BCUT2D eigenvalue weighted by molar-refractivity contribution is 7.92. The Kier molecular flexibility index (Phi) is 2.77. The van der Waals surface area contributed by atoms with Crippen molar-refractivity contribution in [3.05, 3.63) is 40.3 Å². The molecule has 0 saturated carbocycles. The van der Waals surface area contributed by atoms with Gasteiger partial charge in [0.05, 0.1) is 6.07 Å². The van der Waals surface area contributed by atoms with Gasteiger partial charge in [0.1, 0.15) is 12.1 Å². The summed E-state index contributed by atoms with van der Waals surface area (Å²) in [5, 5.41) is 0.468. The zero-order chi connectivity index (χ0) is 11.0. The second-order valence-electron chi connectivity index (χ2n) is 3.02. The molecule has 1 aromatic heterocycles. The van der Waals surface area contributed by atoms with E-state index in [0.717, 1.165) is 0 Å². The zero-order valence-corrected chi connectivity index (χ0v) is 9.45. The normalized spacial score (nSPS) is 13.0. The molecule has 1 unspecified atom stereocenters. The van der Waals surface area contributed by atoms with Crippen molar-refractivity contribution in [1.29, 1.82) is 0 Å². The molecule has 2 rings (SSSR count). The first-order valence-electron chi connectivity index (χ1n) is 4.15. The molecule has 2 aromatic rings. The Morgan fingerprint density at radius 3 is 2.80 bits per heavy atom. The maximum atomic E-state index is 12.9. The summed E-state index contributed by atoms with van der Waals surface area (Å²) in [5.74, 6) is -0.391. The molecule has 0 saturated heterocycles. The predicted molar refractivity (Wildman–Crippen MR) is 60.4 cm³/mol. The lowest BCUT2D eigenvalue weighted by molar-refractivity contribution is 0.602. The summed E-state index contributed by atoms with van der Waals surface area (Å²) in [6.45, 7) is 0. The molecule has 0 fully saturated rings. The fraction of sp³-hybridized carbons (Fsp3) is 0.100. The van der Waals surface area contributed by atoms with E-state index >= 15 is 0 Å². The quantitative estimate of drug-likeness (QED) is 0.719. The van der Waals surface area contributed by atoms with Gasteiger partial charge in [0.2, 0.25) is 4.21 Å². The monoisotopic (exact) mass is 242 g/mol. The maximum Gasteiger partial charge on any atom is 0.210 e. The van der Waals surface area contributed by atoms with Gasteiger partial charge < -0.3 is 4.55 Å². The van der Waals surface area contributed by atoms with Gasteiger partial charge in [-0.25, -0.2) is 4.39 Å². The number of hydrogen-bond donors (Lipinski definition) is 0. The summed E-state index contributed by atoms with van der Waals surface area (Å²) in [7, 11) is 0. The third kappa shape index (κ3) is 2.04. The Morgan fingerprint density at radius 1 is 1.40 bits per heavy atom. The highest BCUT2D eigenvalue weighted by atomic mass is 32.2. The van der Waals surface area contributed by atoms with Gasteiger partial charge in [0.15, 0.2) is 5.43 Å². The van der Waals surface area contributed by atoms with Gasteiger partial charge in [-0.1, -0.05) is 11.3 Å². The molecule has 0 amide bonds. The van der Waals surface area contributed by atoms with Crippen LogP contribution < -0.4 is 5.43 Å². The molecule has 0 N–H and O–H groups in total. The summed E-state index contributed by atoms with van der Waals surface area (Å²) in [6, 6.07) is 5.34. The molecule has 78 valence electrons. The molecular formula is C10H7FO2S2. The summed E-state index contributed by atoms with van der Waals surface area (Å²) in [6.07, 6.45) is 1.50. The molecule has 15 heavy (non-hydrogen) atoms. The minimum absolute atomic E-state index is 0.214. The maximum absolute atomic E-state index is 12.9. The fourth-order valence-corrected chi connectivity index (χ4v) is 3.09. The summed E-state index contributed by atoms with van der Waals surface area (Å²) in [5.41, 5.74) is -0.214. The molecule has 5 heteroatoms. The molecule has 2 nitrogen and oxygen atoms in total. The van der Waals surface area contributed by atoms with E-state index in [1.165, 1.54) is 41.9 Å². The fourth-order valence-electron chi connectivity index (χ4n) is 1.25. The molecule has 1 aromatic carbocycles. The molecule has 0 aliphatic carbocycles. The van der Waals surface area contributed by atoms with Crippen LogP contribution in [-0.2, 0) is 11.2 Å². The van der Waals surface area contributed by atoms with Crippen molar-refractivity contribution < 1.29 is 8.94 Å². The van der Waals surface area contributed by atoms with Crippen LogP contribution in [0.15, 0.2) is 33.3 Å². The second kappa shape index (κ2) is 3.92. The number of rotatable bonds is 1. The average molecular weight is 242 g/mol. The van der Waals surface area contributed by atoms with E-state index in [1.54, 1.807) is 0 Å². The van der Waals surface area contributed by atoms with Crippen LogP contribution in [0.25, 0.3) is 10.1 Å². The smallest absolute Gasteiger partial charge is 0.210 e. The summed E-state index contributed by atoms with van der Waals surface area (Å²) < 4.78 is 25.2. The molecular weight excluding hydrogens is 235 g/mol. The number of benzene rings is 1. The minimum atomic E-state index is -1.21. The lowest BCUT2D eigenvalue weighted by atomic mass is 10.2. The Hall–Kier alpha value is -0.910. The minimum Gasteiger partial charge on any atom is -0.611 e. The lowest BCUT2D eigenvalue weighted by Crippen LogP contribution is -2.04. The van der Waals surface area contributed by atoms with Gasteiger partial charge in [-0.3, -0.25) is 4.79 Å². The Labute approximate surface area is 92.6 Å². The number of hydrogen-bond acceptors (Lipinski definition) is 3. The molecule has 1 heterocycles. The van der Waals surface area contributed by atoms with Gasteiger partial charge >= 0.3 is 0 Å². The van der Waals surface area contributed by atoms with Crippen molar-refractivity contribution in [2.24, 2.45) is 0 Å². The Morgan fingerprint density at radius 2 is 2.13 bits per heavy atom. The standard InChI is InChI=1S/C10H7FO2S2/c1-15(13)10-5-8(12)7-3-2-6(11)4-9(7)14-10/h2-5H,1H3. The van der Waals surface area contributed by atoms with Gasteiger partial charge in [-0.15, -0.1) is 0 Å². The third-order valence-electron chi connectivity index (χ3n) is 1.95. The van der Waals surface area contributed by atoms with Gasteiger partial charge in [0.25, 0.3) is 0 Å². The van der Waals surface area contributed by atoms with Crippen LogP contribution in [0.1, 0.15) is 0 Å². The van der Waals surface area contributed by atoms with E-state index < -0.39 is 17.0 Å². The van der Waals surface area contributed by atoms with Crippen molar-refractivity contribution in [2.45, 2.75) is 4.21 Å². The largest absolute Gasteiger partial charge is 0.611 e. The van der Waals surface area contributed by atoms with Gasteiger partial charge in [-0.05, 0) is 29.4 Å². The van der Waals surface area contributed by atoms with Crippen LogP contribution in [0.2, 0.25) is 0 Å². The lowest BCUT2D eigenvalue weighted by Gasteiger charge is -2.03. The molecule has 0 radical (unpaired) electrons. The first kappa shape index (κ1) is 10.6. The summed E-state index contributed by atoms with van der Waals surface area (Å²) >= 11 is -0.0227. The van der Waals surface area contributed by atoms with Crippen LogP contribution in [0, 0.1) is 5.82 Å². The molecule has 0 aliphatic heterocycles. The predicted octanol–water partition coefficient (Wildman–Crippen LogP) is 2.14. The topological polar surface area (TPSA) is 40.1 Å². The van der Waals surface area contributed by atoms with Crippen LogP contribution in [0.5, 0.6) is 0 Å². The van der Waals surface area contributed by atoms with E-state index in [9.17, 15) is 13.7 Å². The zero-order valence-electron chi connectivity index (χ0n) is 7.82. The Bertz CT molecular complexity index is 563. The van der Waals surface area contributed by atoms with Crippen molar-refractivity contribution in [3.8, 4) is 0 Å². The Balaban J connectivity index is 2.80. The third-order valence-corrected chi connectivity index (χ3v) is 4.47. The second-order valence-corrected chi connectivity index (χ2v) is 5.71. The van der Waals surface area contributed by atoms with Gasteiger partial charge in [-0.2, -0.15) is 0 Å². The average Bonchev–Trinajstić information content (AvgIpc) is 2.16. The van der Waals surface area contributed by atoms with Crippen LogP contribution in [-0.4, -0.2) is 10.8 Å². The van der Waals surface area contributed by atoms with Gasteiger partial charge in [0, 0.05) is 10.1 Å². The van der Waals surface area contributed by atoms with E-state index in [2.05, 4.69) is 0 Å². The van der Waals surface area contributed by atoms with Crippen molar-refractivity contribution in [1.82, 2.24) is 0 Å². The highest BCUT2D eigenvalue weighted by Gasteiger charge is 2.10. The number of halogens is 1.